The molecular formula is C10H22Si. The lowest BCUT2D eigenvalue weighted by Crippen LogP contribution is -2.24. The zero-order valence-corrected chi connectivity index (χ0v) is 9.70. The largest absolute Gasteiger partial charge is 0.107 e. The molecule has 0 aliphatic rings. The summed E-state index contributed by atoms with van der Waals surface area (Å²) in [6.07, 6.45) is 1.33. The Morgan fingerprint density at radius 2 is 1.73 bits per heavy atom. The molecule has 0 bridgehead atoms. The van der Waals surface area contributed by atoms with Crippen LogP contribution >= 0.6 is 0 Å². The minimum absolute atomic E-state index is 0.493. The van der Waals surface area contributed by atoms with Crippen LogP contribution in [0.5, 0.6) is 0 Å². The molecule has 0 saturated carbocycles. The van der Waals surface area contributed by atoms with Crippen molar-refractivity contribution in [2.75, 3.05) is 0 Å². The molecule has 0 aliphatic heterocycles. The van der Waals surface area contributed by atoms with Crippen molar-refractivity contribution < 1.29 is 0 Å². The van der Waals surface area contributed by atoms with Crippen molar-refractivity contribution in [3.05, 3.63) is 12.3 Å². The van der Waals surface area contributed by atoms with Gasteiger partial charge in [0.2, 0.25) is 0 Å². The third-order valence-electron chi connectivity index (χ3n) is 2.07. The van der Waals surface area contributed by atoms with Crippen LogP contribution in [-0.2, 0) is 0 Å². The van der Waals surface area contributed by atoms with Gasteiger partial charge in [-0.1, -0.05) is 46.3 Å². The molecule has 0 aromatic heterocycles. The highest BCUT2D eigenvalue weighted by Crippen LogP contribution is 2.25. The summed E-state index contributed by atoms with van der Waals surface area (Å²) in [5.74, 6) is 0. The summed E-state index contributed by atoms with van der Waals surface area (Å²) >= 11 is 0. The van der Waals surface area contributed by atoms with Crippen LogP contribution in [-0.4, -0.2) is 8.07 Å². The van der Waals surface area contributed by atoms with Gasteiger partial charge in [-0.05, 0) is 5.41 Å². The van der Waals surface area contributed by atoms with Crippen LogP contribution in [0.15, 0.2) is 12.3 Å². The molecule has 66 valence electrons. The molecule has 1 heteroatoms. The number of hydrogen-bond donors (Lipinski definition) is 0. The Balaban J connectivity index is 3.79. The molecule has 0 saturated heterocycles. The van der Waals surface area contributed by atoms with E-state index < -0.39 is 8.07 Å². The Labute approximate surface area is 72.7 Å². The summed E-state index contributed by atoms with van der Waals surface area (Å²) in [6, 6.07) is 1.38. The Kier molecular flexibility index (Phi) is 3.56. The lowest BCUT2D eigenvalue weighted by Gasteiger charge is -2.24. The molecule has 0 aromatic carbocycles. The first-order chi connectivity index (χ1) is 4.77. The van der Waals surface area contributed by atoms with Gasteiger partial charge in [0.15, 0.2) is 0 Å². The van der Waals surface area contributed by atoms with Gasteiger partial charge < -0.3 is 0 Å². The first-order valence-corrected chi connectivity index (χ1v) is 7.69. The standard InChI is InChI=1S/C10H22Si/c1-7-11(5,6)9-8-10(2,3)4/h7H,1,8-9H2,2-6H3. The van der Waals surface area contributed by atoms with Crippen molar-refractivity contribution in [2.45, 2.75) is 46.3 Å². The molecule has 0 rings (SSSR count). The van der Waals surface area contributed by atoms with E-state index in [0.29, 0.717) is 5.41 Å². The Hall–Kier alpha value is -0.0431. The molecule has 11 heavy (non-hydrogen) atoms. The highest BCUT2D eigenvalue weighted by atomic mass is 28.3. The second-order valence-electron chi connectivity index (χ2n) is 5.25. The SMILES string of the molecule is C=C[Si](C)(C)CCC(C)(C)C. The second kappa shape index (κ2) is 3.57. The van der Waals surface area contributed by atoms with E-state index in [-0.39, 0.29) is 0 Å². The van der Waals surface area contributed by atoms with Gasteiger partial charge >= 0.3 is 0 Å². The normalized spacial score (nSPS) is 13.2. The average Bonchev–Trinajstić information content (AvgIpc) is 1.83. The van der Waals surface area contributed by atoms with E-state index in [0.717, 1.165) is 0 Å². The maximum absolute atomic E-state index is 3.89. The van der Waals surface area contributed by atoms with E-state index in [4.69, 9.17) is 0 Å². The van der Waals surface area contributed by atoms with Crippen LogP contribution in [0.25, 0.3) is 0 Å². The fraction of sp³-hybridized carbons (Fsp3) is 0.800. The molecule has 0 heterocycles. The average molecular weight is 170 g/mol. The molecule has 0 radical (unpaired) electrons. The van der Waals surface area contributed by atoms with Crippen molar-refractivity contribution in [1.29, 1.82) is 0 Å². The van der Waals surface area contributed by atoms with Crippen LogP contribution in [0.1, 0.15) is 27.2 Å². The summed E-state index contributed by atoms with van der Waals surface area (Å²) in [5, 5.41) is 0. The van der Waals surface area contributed by atoms with Crippen molar-refractivity contribution in [2.24, 2.45) is 5.41 Å². The predicted octanol–water partition coefficient (Wildman–Crippen LogP) is 3.86. The minimum Gasteiger partial charge on any atom is -0.107 e. The molecule has 0 aliphatic carbocycles. The first kappa shape index (κ1) is 11.0. The molecular weight excluding hydrogens is 148 g/mol. The quantitative estimate of drug-likeness (QED) is 0.564. The minimum atomic E-state index is -1.02. The smallest absolute Gasteiger partial charge is 0.0709 e. The van der Waals surface area contributed by atoms with E-state index in [9.17, 15) is 0 Å². The van der Waals surface area contributed by atoms with E-state index in [1.807, 2.05) is 0 Å². The lowest BCUT2D eigenvalue weighted by molar-refractivity contribution is 0.396. The fourth-order valence-corrected chi connectivity index (χ4v) is 2.40. The van der Waals surface area contributed by atoms with Gasteiger partial charge in [0.05, 0.1) is 8.07 Å². The topological polar surface area (TPSA) is 0 Å². The van der Waals surface area contributed by atoms with Crippen molar-refractivity contribution in [1.82, 2.24) is 0 Å². The molecule has 0 spiro atoms. The van der Waals surface area contributed by atoms with Crippen molar-refractivity contribution in [3.8, 4) is 0 Å². The molecule has 0 unspecified atom stereocenters. The van der Waals surface area contributed by atoms with Crippen molar-refractivity contribution >= 4 is 8.07 Å². The molecule has 0 N–H and O–H groups in total. The zero-order valence-electron chi connectivity index (χ0n) is 8.70. The number of hydrogen-bond acceptors (Lipinski definition) is 0. The molecule has 0 aromatic rings. The summed E-state index contributed by atoms with van der Waals surface area (Å²) in [6.45, 7) is 15.6. The van der Waals surface area contributed by atoms with Crippen LogP contribution in [0.3, 0.4) is 0 Å². The third kappa shape index (κ3) is 6.36. The van der Waals surface area contributed by atoms with Gasteiger partial charge in [-0.2, -0.15) is 0 Å². The molecule has 0 amide bonds. The predicted molar refractivity (Wildman–Crippen MR) is 56.6 cm³/mol. The summed E-state index contributed by atoms with van der Waals surface area (Å²) in [5.41, 5.74) is 2.69. The number of rotatable bonds is 3. The lowest BCUT2D eigenvalue weighted by atomic mass is 9.94. The Morgan fingerprint density at radius 3 is 2.00 bits per heavy atom. The van der Waals surface area contributed by atoms with Gasteiger partial charge in [0.25, 0.3) is 0 Å². The Bertz CT molecular complexity index is 128. The van der Waals surface area contributed by atoms with Crippen LogP contribution in [0, 0.1) is 5.41 Å². The van der Waals surface area contributed by atoms with Crippen LogP contribution < -0.4 is 0 Å². The maximum atomic E-state index is 3.89. The first-order valence-electron chi connectivity index (χ1n) is 4.40. The summed E-state index contributed by atoms with van der Waals surface area (Å²) < 4.78 is 0. The van der Waals surface area contributed by atoms with E-state index >= 15 is 0 Å². The van der Waals surface area contributed by atoms with Gasteiger partial charge in [-0.15, -0.1) is 12.3 Å². The fourth-order valence-electron chi connectivity index (χ4n) is 0.799. The van der Waals surface area contributed by atoms with Crippen molar-refractivity contribution in [3.63, 3.8) is 0 Å². The van der Waals surface area contributed by atoms with Gasteiger partial charge in [-0.3, -0.25) is 0 Å². The summed E-state index contributed by atoms with van der Waals surface area (Å²) in [7, 11) is -1.02. The van der Waals surface area contributed by atoms with E-state index in [1.165, 1.54) is 12.5 Å². The molecule has 0 fully saturated rings. The monoisotopic (exact) mass is 170 g/mol. The maximum Gasteiger partial charge on any atom is 0.0709 e. The second-order valence-corrected chi connectivity index (χ2v) is 10.1. The summed E-state index contributed by atoms with van der Waals surface area (Å²) in [4.78, 5) is 0. The van der Waals surface area contributed by atoms with Gasteiger partial charge in [-0.25, -0.2) is 0 Å². The molecule has 0 atom stereocenters. The van der Waals surface area contributed by atoms with Crippen LogP contribution in [0.2, 0.25) is 19.1 Å². The Morgan fingerprint density at radius 1 is 1.27 bits per heavy atom. The van der Waals surface area contributed by atoms with Gasteiger partial charge in [0, 0.05) is 0 Å². The third-order valence-corrected chi connectivity index (χ3v) is 4.72. The van der Waals surface area contributed by atoms with Gasteiger partial charge in [0.1, 0.15) is 0 Å². The molecule has 0 nitrogen and oxygen atoms in total. The van der Waals surface area contributed by atoms with E-state index in [2.05, 4.69) is 46.1 Å². The zero-order chi connectivity index (χ0) is 9.12. The van der Waals surface area contributed by atoms with Crippen LogP contribution in [0.4, 0.5) is 0 Å². The van der Waals surface area contributed by atoms with E-state index in [1.54, 1.807) is 0 Å². The highest BCUT2D eigenvalue weighted by molar-refractivity contribution is 6.82. The highest BCUT2D eigenvalue weighted by Gasteiger charge is 2.19.